The minimum absolute atomic E-state index is 0.0195. The van der Waals surface area contributed by atoms with Crippen molar-refractivity contribution in [3.05, 3.63) is 60.2 Å². The van der Waals surface area contributed by atoms with Gasteiger partial charge in [0.1, 0.15) is 11.5 Å². The third-order valence-corrected chi connectivity index (χ3v) is 5.81. The highest BCUT2D eigenvalue weighted by Crippen LogP contribution is 2.44. The molecule has 34 heavy (non-hydrogen) atoms. The quantitative estimate of drug-likeness (QED) is 0.578. The topological polar surface area (TPSA) is 102 Å². The summed E-state index contributed by atoms with van der Waals surface area (Å²) in [5, 5.41) is 11.5. The van der Waals surface area contributed by atoms with Crippen LogP contribution in [-0.4, -0.2) is 67.9 Å². The number of methoxy groups -OCH3 is 2. The van der Waals surface area contributed by atoms with E-state index in [0.717, 1.165) is 5.56 Å². The summed E-state index contributed by atoms with van der Waals surface area (Å²) in [6, 6.07) is 16.4. The van der Waals surface area contributed by atoms with Crippen molar-refractivity contribution in [2.75, 3.05) is 20.8 Å². The van der Waals surface area contributed by atoms with Gasteiger partial charge in [0.2, 0.25) is 6.29 Å². The van der Waals surface area contributed by atoms with Crippen molar-refractivity contribution >= 4 is 5.97 Å². The SMILES string of the molecule is COC[C@H]1O[C@H](Oc2ccc(OC)cc2)[C@H](OCc2ccccc2)[C@@H](O)C12OC(=O)C(C)(C)O2. The Morgan fingerprint density at radius 2 is 1.68 bits per heavy atom. The van der Waals surface area contributed by atoms with E-state index >= 15 is 0 Å². The van der Waals surface area contributed by atoms with Crippen molar-refractivity contribution in [3.8, 4) is 11.5 Å². The first-order chi connectivity index (χ1) is 16.3. The average Bonchev–Trinajstić information content (AvgIpc) is 3.08. The number of hydrogen-bond acceptors (Lipinski definition) is 9. The van der Waals surface area contributed by atoms with Gasteiger partial charge < -0.3 is 38.3 Å². The van der Waals surface area contributed by atoms with Crippen LogP contribution in [0.2, 0.25) is 0 Å². The number of esters is 1. The molecule has 2 heterocycles. The van der Waals surface area contributed by atoms with E-state index in [9.17, 15) is 9.90 Å². The third kappa shape index (κ3) is 4.75. The summed E-state index contributed by atoms with van der Waals surface area (Å²) in [4.78, 5) is 12.5. The summed E-state index contributed by atoms with van der Waals surface area (Å²) < 4.78 is 40.4. The minimum Gasteiger partial charge on any atom is -0.497 e. The molecule has 9 heteroatoms. The van der Waals surface area contributed by atoms with Crippen LogP contribution >= 0.6 is 0 Å². The molecule has 0 radical (unpaired) electrons. The maximum absolute atomic E-state index is 12.5. The second-order valence-corrected chi connectivity index (χ2v) is 8.67. The summed E-state index contributed by atoms with van der Waals surface area (Å²) in [6.07, 6.45) is -4.52. The van der Waals surface area contributed by atoms with Crippen LogP contribution in [0, 0.1) is 0 Å². The molecule has 4 rings (SSSR count). The summed E-state index contributed by atoms with van der Waals surface area (Å²) in [5.74, 6) is -1.30. The van der Waals surface area contributed by atoms with E-state index < -0.39 is 42.0 Å². The summed E-state index contributed by atoms with van der Waals surface area (Å²) in [7, 11) is 3.05. The molecule has 0 amide bonds. The Morgan fingerprint density at radius 3 is 2.26 bits per heavy atom. The van der Waals surface area contributed by atoms with Crippen molar-refractivity contribution in [1.29, 1.82) is 0 Å². The van der Waals surface area contributed by atoms with E-state index in [4.69, 9.17) is 33.2 Å². The van der Waals surface area contributed by atoms with Gasteiger partial charge in [-0.05, 0) is 43.7 Å². The lowest BCUT2D eigenvalue weighted by atomic mass is 9.94. The lowest BCUT2D eigenvalue weighted by molar-refractivity contribution is -0.382. The average molecular weight is 475 g/mol. The van der Waals surface area contributed by atoms with Crippen LogP contribution in [0.15, 0.2) is 54.6 Å². The third-order valence-electron chi connectivity index (χ3n) is 5.81. The molecular weight excluding hydrogens is 444 g/mol. The second kappa shape index (κ2) is 9.89. The summed E-state index contributed by atoms with van der Waals surface area (Å²) in [6.45, 7) is 3.28. The van der Waals surface area contributed by atoms with Crippen LogP contribution in [0.1, 0.15) is 19.4 Å². The zero-order chi connectivity index (χ0) is 24.3. The zero-order valence-electron chi connectivity index (χ0n) is 19.6. The normalized spacial score (nSPS) is 30.2. The molecule has 0 aliphatic carbocycles. The van der Waals surface area contributed by atoms with Crippen LogP contribution in [0.25, 0.3) is 0 Å². The molecule has 2 saturated heterocycles. The molecule has 2 aliphatic rings. The van der Waals surface area contributed by atoms with E-state index in [1.165, 1.54) is 7.11 Å². The van der Waals surface area contributed by atoms with Crippen molar-refractivity contribution in [2.45, 2.75) is 56.4 Å². The van der Waals surface area contributed by atoms with Crippen LogP contribution in [0.4, 0.5) is 0 Å². The van der Waals surface area contributed by atoms with Crippen LogP contribution in [-0.2, 0) is 35.1 Å². The molecule has 2 aromatic rings. The molecule has 1 N–H and O–H groups in total. The van der Waals surface area contributed by atoms with Crippen molar-refractivity contribution in [1.82, 2.24) is 0 Å². The fraction of sp³-hybridized carbons (Fsp3) is 0.480. The van der Waals surface area contributed by atoms with E-state index in [2.05, 4.69) is 0 Å². The smallest absolute Gasteiger partial charge is 0.340 e. The van der Waals surface area contributed by atoms with Crippen molar-refractivity contribution < 1.29 is 43.1 Å². The fourth-order valence-corrected chi connectivity index (χ4v) is 4.01. The molecular formula is C25H30O9. The van der Waals surface area contributed by atoms with Gasteiger partial charge in [0.05, 0.1) is 20.3 Å². The molecule has 2 aromatic carbocycles. The highest BCUT2D eigenvalue weighted by Gasteiger charge is 2.68. The summed E-state index contributed by atoms with van der Waals surface area (Å²) in [5.41, 5.74) is -0.403. The number of ether oxygens (including phenoxy) is 7. The standard InChI is InChI=1S/C25H30O9/c1-24(2)23(27)33-25(34-24)19(15-28-3)32-22(31-18-12-10-17(29-4)11-13-18)20(21(25)26)30-14-16-8-6-5-7-9-16/h5-13,19-22,26H,14-15H2,1-4H3/t19-,20-,21-,22+,25?/m1/s1. The molecule has 0 saturated carbocycles. The summed E-state index contributed by atoms with van der Waals surface area (Å²) >= 11 is 0. The Labute approximate surface area is 198 Å². The molecule has 2 aliphatic heterocycles. The first kappa shape index (κ1) is 24.4. The molecule has 0 bridgehead atoms. The van der Waals surface area contributed by atoms with Gasteiger partial charge in [-0.25, -0.2) is 4.79 Å². The fourth-order valence-electron chi connectivity index (χ4n) is 4.01. The van der Waals surface area contributed by atoms with Gasteiger partial charge in [0.25, 0.3) is 5.79 Å². The van der Waals surface area contributed by atoms with Gasteiger partial charge in [0.15, 0.2) is 23.9 Å². The van der Waals surface area contributed by atoms with Gasteiger partial charge in [-0.2, -0.15) is 0 Å². The Balaban J connectivity index is 1.64. The van der Waals surface area contributed by atoms with Crippen molar-refractivity contribution in [2.24, 2.45) is 0 Å². The Hall–Kier alpha value is -2.69. The number of aliphatic hydroxyl groups excluding tert-OH is 1. The van der Waals surface area contributed by atoms with Crippen molar-refractivity contribution in [3.63, 3.8) is 0 Å². The first-order valence-electron chi connectivity index (χ1n) is 11.0. The number of rotatable bonds is 8. The van der Waals surface area contributed by atoms with Gasteiger partial charge in [-0.1, -0.05) is 30.3 Å². The zero-order valence-corrected chi connectivity index (χ0v) is 19.6. The largest absolute Gasteiger partial charge is 0.497 e. The number of carbonyl (C=O) groups is 1. The predicted octanol–water partition coefficient (Wildman–Crippen LogP) is 2.44. The molecule has 1 unspecified atom stereocenters. The highest BCUT2D eigenvalue weighted by molar-refractivity contribution is 5.80. The van der Waals surface area contributed by atoms with E-state index in [1.807, 2.05) is 30.3 Å². The molecule has 2 fully saturated rings. The monoisotopic (exact) mass is 474 g/mol. The van der Waals surface area contributed by atoms with Gasteiger partial charge in [0, 0.05) is 7.11 Å². The van der Waals surface area contributed by atoms with E-state index in [-0.39, 0.29) is 13.2 Å². The van der Waals surface area contributed by atoms with Gasteiger partial charge >= 0.3 is 5.97 Å². The van der Waals surface area contributed by atoms with Crippen LogP contribution in [0.5, 0.6) is 11.5 Å². The van der Waals surface area contributed by atoms with E-state index in [0.29, 0.717) is 11.5 Å². The first-order valence-corrected chi connectivity index (χ1v) is 11.0. The van der Waals surface area contributed by atoms with E-state index in [1.54, 1.807) is 45.2 Å². The maximum atomic E-state index is 12.5. The predicted molar refractivity (Wildman–Crippen MR) is 119 cm³/mol. The Bertz CT molecular complexity index is 962. The number of aliphatic hydroxyl groups is 1. The molecule has 0 aromatic heterocycles. The van der Waals surface area contributed by atoms with Crippen LogP contribution in [0.3, 0.4) is 0 Å². The number of hydrogen-bond donors (Lipinski definition) is 1. The van der Waals surface area contributed by atoms with Gasteiger partial charge in [-0.3, -0.25) is 0 Å². The molecule has 1 spiro atoms. The minimum atomic E-state index is -1.82. The molecule has 184 valence electrons. The highest BCUT2D eigenvalue weighted by atomic mass is 16.8. The second-order valence-electron chi connectivity index (χ2n) is 8.67. The van der Waals surface area contributed by atoms with Crippen LogP contribution < -0.4 is 9.47 Å². The lowest BCUT2D eigenvalue weighted by Gasteiger charge is -2.48. The molecule has 5 atom stereocenters. The maximum Gasteiger partial charge on any atom is 0.340 e. The number of carbonyl (C=O) groups excluding carboxylic acids is 1. The lowest BCUT2D eigenvalue weighted by Crippen LogP contribution is -2.69. The Morgan fingerprint density at radius 1 is 1.00 bits per heavy atom. The number of benzene rings is 2. The Kier molecular flexibility index (Phi) is 7.11. The van der Waals surface area contributed by atoms with Gasteiger partial charge in [-0.15, -0.1) is 0 Å². The molecule has 9 nitrogen and oxygen atoms in total.